The third-order valence-corrected chi connectivity index (χ3v) is 4.40. The standard InChI is InChI=1S/C22H20O6/c1-4-18(23)15-5-7-16(8-6-15)26-12-21(25)27-19-10-9-17-13(2)11-20(24)28-22(17)14(19)3/h5-11H,4,12H2,1-3H3. The van der Waals surface area contributed by atoms with E-state index in [2.05, 4.69) is 0 Å². The highest BCUT2D eigenvalue weighted by Gasteiger charge is 2.14. The Bertz CT molecular complexity index is 1090. The van der Waals surface area contributed by atoms with Gasteiger partial charge in [0.1, 0.15) is 17.1 Å². The summed E-state index contributed by atoms with van der Waals surface area (Å²) < 4.78 is 16.0. The fourth-order valence-corrected chi connectivity index (χ4v) is 2.85. The van der Waals surface area contributed by atoms with Crippen LogP contribution in [0.25, 0.3) is 11.0 Å². The van der Waals surface area contributed by atoms with Crippen LogP contribution in [-0.4, -0.2) is 18.4 Å². The van der Waals surface area contributed by atoms with Crippen molar-refractivity contribution >= 4 is 22.7 Å². The molecule has 0 N–H and O–H groups in total. The number of carbonyl (C=O) groups excluding carboxylic acids is 2. The van der Waals surface area contributed by atoms with Crippen molar-refractivity contribution in [3.63, 3.8) is 0 Å². The van der Waals surface area contributed by atoms with E-state index in [1.165, 1.54) is 6.07 Å². The van der Waals surface area contributed by atoms with Crippen LogP contribution in [0.4, 0.5) is 0 Å². The van der Waals surface area contributed by atoms with Gasteiger partial charge in [0.05, 0.1) is 0 Å². The van der Waals surface area contributed by atoms with Gasteiger partial charge in [-0.25, -0.2) is 9.59 Å². The molecule has 0 bridgehead atoms. The Balaban J connectivity index is 1.69. The van der Waals surface area contributed by atoms with Crippen molar-refractivity contribution in [2.75, 3.05) is 6.61 Å². The molecule has 144 valence electrons. The molecule has 0 atom stereocenters. The lowest BCUT2D eigenvalue weighted by atomic mass is 10.1. The smallest absolute Gasteiger partial charge is 0.349 e. The molecule has 0 radical (unpaired) electrons. The third-order valence-electron chi connectivity index (χ3n) is 4.40. The van der Waals surface area contributed by atoms with Crippen molar-refractivity contribution in [2.24, 2.45) is 0 Å². The fraction of sp³-hybridized carbons (Fsp3) is 0.227. The van der Waals surface area contributed by atoms with Gasteiger partial charge >= 0.3 is 11.6 Å². The van der Waals surface area contributed by atoms with Crippen LogP contribution in [0, 0.1) is 13.8 Å². The van der Waals surface area contributed by atoms with Crippen molar-refractivity contribution in [1.29, 1.82) is 0 Å². The number of fused-ring (bicyclic) bond motifs is 1. The van der Waals surface area contributed by atoms with E-state index < -0.39 is 11.6 Å². The lowest BCUT2D eigenvalue weighted by molar-refractivity contribution is -0.136. The lowest BCUT2D eigenvalue weighted by Gasteiger charge is -2.11. The number of esters is 1. The molecular formula is C22H20O6. The Labute approximate surface area is 161 Å². The molecule has 0 amide bonds. The molecule has 2 aromatic carbocycles. The summed E-state index contributed by atoms with van der Waals surface area (Å²) in [6.45, 7) is 5.04. The molecule has 3 aromatic rings. The highest BCUT2D eigenvalue weighted by Crippen LogP contribution is 2.28. The average molecular weight is 380 g/mol. The highest BCUT2D eigenvalue weighted by molar-refractivity contribution is 5.95. The first-order chi connectivity index (χ1) is 13.4. The van der Waals surface area contributed by atoms with Gasteiger partial charge in [0.25, 0.3) is 0 Å². The van der Waals surface area contributed by atoms with Gasteiger partial charge < -0.3 is 13.9 Å². The molecule has 0 saturated heterocycles. The normalized spacial score (nSPS) is 10.7. The van der Waals surface area contributed by atoms with Crippen LogP contribution in [0.1, 0.15) is 34.8 Å². The summed E-state index contributed by atoms with van der Waals surface area (Å²) in [5.74, 6) is 0.214. The summed E-state index contributed by atoms with van der Waals surface area (Å²) in [6.07, 6.45) is 0.428. The number of carbonyl (C=O) groups is 2. The van der Waals surface area contributed by atoms with Gasteiger partial charge in [-0.1, -0.05) is 6.92 Å². The SMILES string of the molecule is CCC(=O)c1ccc(OCC(=O)Oc2ccc3c(C)cc(=O)oc3c2C)cc1. The van der Waals surface area contributed by atoms with E-state index >= 15 is 0 Å². The molecule has 6 heteroatoms. The van der Waals surface area contributed by atoms with Gasteiger partial charge in [-0.3, -0.25) is 4.79 Å². The maximum Gasteiger partial charge on any atom is 0.349 e. The number of hydrogen-bond donors (Lipinski definition) is 0. The molecule has 1 aromatic heterocycles. The Morgan fingerprint density at radius 2 is 1.75 bits per heavy atom. The van der Waals surface area contributed by atoms with Crippen LogP contribution in [-0.2, 0) is 4.79 Å². The molecule has 0 aliphatic heterocycles. The second-order valence-electron chi connectivity index (χ2n) is 6.38. The van der Waals surface area contributed by atoms with E-state index in [0.29, 0.717) is 34.6 Å². The Hall–Kier alpha value is -3.41. The molecule has 0 fully saturated rings. The Kier molecular flexibility index (Phi) is 5.59. The van der Waals surface area contributed by atoms with Gasteiger partial charge in [-0.15, -0.1) is 0 Å². The summed E-state index contributed by atoms with van der Waals surface area (Å²) >= 11 is 0. The number of hydrogen-bond acceptors (Lipinski definition) is 6. The minimum atomic E-state index is -0.592. The minimum absolute atomic E-state index is 0.0413. The van der Waals surface area contributed by atoms with Gasteiger partial charge in [0, 0.05) is 29.0 Å². The first-order valence-corrected chi connectivity index (χ1v) is 8.90. The monoisotopic (exact) mass is 380 g/mol. The molecule has 3 rings (SSSR count). The number of rotatable bonds is 6. The Morgan fingerprint density at radius 3 is 2.43 bits per heavy atom. The number of benzene rings is 2. The van der Waals surface area contributed by atoms with Crippen molar-refractivity contribution in [3.8, 4) is 11.5 Å². The zero-order valence-electron chi connectivity index (χ0n) is 15.9. The van der Waals surface area contributed by atoms with Crippen LogP contribution in [0.3, 0.4) is 0 Å². The lowest BCUT2D eigenvalue weighted by Crippen LogP contribution is -2.18. The van der Waals surface area contributed by atoms with E-state index in [1.54, 1.807) is 50.2 Å². The largest absolute Gasteiger partial charge is 0.482 e. The summed E-state index contributed by atoms with van der Waals surface area (Å²) in [5, 5.41) is 0.787. The molecule has 0 saturated carbocycles. The van der Waals surface area contributed by atoms with Crippen molar-refractivity contribution in [3.05, 3.63) is 69.6 Å². The van der Waals surface area contributed by atoms with E-state index in [0.717, 1.165) is 10.9 Å². The van der Waals surface area contributed by atoms with Crippen LogP contribution in [0.2, 0.25) is 0 Å². The van der Waals surface area contributed by atoms with Crippen LogP contribution >= 0.6 is 0 Å². The van der Waals surface area contributed by atoms with Crippen LogP contribution in [0.15, 0.2) is 51.7 Å². The number of aryl methyl sites for hydroxylation is 2. The van der Waals surface area contributed by atoms with Gasteiger partial charge in [-0.05, 0) is 55.8 Å². The predicted molar refractivity (Wildman–Crippen MR) is 104 cm³/mol. The zero-order valence-corrected chi connectivity index (χ0v) is 15.9. The molecule has 0 spiro atoms. The predicted octanol–water partition coefficient (Wildman–Crippen LogP) is 3.99. The van der Waals surface area contributed by atoms with E-state index in [9.17, 15) is 14.4 Å². The third kappa shape index (κ3) is 4.11. The van der Waals surface area contributed by atoms with Crippen LogP contribution < -0.4 is 15.1 Å². The second-order valence-corrected chi connectivity index (χ2v) is 6.38. The average Bonchev–Trinajstić information content (AvgIpc) is 2.68. The van der Waals surface area contributed by atoms with Gasteiger partial charge in [-0.2, -0.15) is 0 Å². The zero-order chi connectivity index (χ0) is 20.3. The summed E-state index contributed by atoms with van der Waals surface area (Å²) in [5.41, 5.74) is 1.90. The maximum atomic E-state index is 12.1. The molecule has 1 heterocycles. The first kappa shape index (κ1) is 19.4. The van der Waals surface area contributed by atoms with Crippen molar-refractivity contribution < 1.29 is 23.5 Å². The number of ketones is 1. The molecule has 28 heavy (non-hydrogen) atoms. The second kappa shape index (κ2) is 8.08. The summed E-state index contributed by atoms with van der Waals surface area (Å²) in [7, 11) is 0. The van der Waals surface area contributed by atoms with E-state index in [4.69, 9.17) is 13.9 Å². The van der Waals surface area contributed by atoms with Crippen molar-refractivity contribution in [2.45, 2.75) is 27.2 Å². The Morgan fingerprint density at radius 1 is 1.04 bits per heavy atom. The number of Topliss-reactive ketones (excluding diaryl/α,β-unsaturated/α-hetero) is 1. The molecule has 0 aliphatic carbocycles. The fourth-order valence-electron chi connectivity index (χ4n) is 2.85. The van der Waals surface area contributed by atoms with Crippen molar-refractivity contribution in [1.82, 2.24) is 0 Å². The van der Waals surface area contributed by atoms with Gasteiger partial charge in [0.15, 0.2) is 12.4 Å². The highest BCUT2D eigenvalue weighted by atomic mass is 16.6. The molecular weight excluding hydrogens is 360 g/mol. The van der Waals surface area contributed by atoms with Crippen LogP contribution in [0.5, 0.6) is 11.5 Å². The topological polar surface area (TPSA) is 82.8 Å². The van der Waals surface area contributed by atoms with Gasteiger partial charge in [0.2, 0.25) is 0 Å². The quantitative estimate of drug-likeness (QED) is 0.278. The number of ether oxygens (including phenoxy) is 2. The summed E-state index contributed by atoms with van der Waals surface area (Å²) in [6, 6.07) is 11.4. The molecule has 0 unspecified atom stereocenters. The maximum absolute atomic E-state index is 12.1. The van der Waals surface area contributed by atoms with E-state index in [-0.39, 0.29) is 12.4 Å². The minimum Gasteiger partial charge on any atom is -0.482 e. The summed E-state index contributed by atoms with van der Waals surface area (Å²) in [4.78, 5) is 35.4. The molecule has 6 nitrogen and oxygen atoms in total. The molecule has 0 aliphatic rings. The van der Waals surface area contributed by atoms with E-state index in [1.807, 2.05) is 6.92 Å². The first-order valence-electron chi connectivity index (χ1n) is 8.90.